The lowest BCUT2D eigenvalue weighted by Crippen LogP contribution is -2.52. The van der Waals surface area contributed by atoms with Crippen molar-refractivity contribution in [3.8, 4) is 0 Å². The Morgan fingerprint density at radius 2 is 2.05 bits per heavy atom. The van der Waals surface area contributed by atoms with Gasteiger partial charge in [-0.05, 0) is 62.3 Å². The van der Waals surface area contributed by atoms with E-state index in [0.717, 1.165) is 29.7 Å². The third kappa shape index (κ3) is 3.76. The van der Waals surface area contributed by atoms with Gasteiger partial charge in [0.15, 0.2) is 0 Å². The summed E-state index contributed by atoms with van der Waals surface area (Å²) in [4.78, 5) is 12.5. The molecular formula is C16H21BrClNO. The van der Waals surface area contributed by atoms with Gasteiger partial charge in [0.1, 0.15) is 0 Å². The van der Waals surface area contributed by atoms with Crippen molar-refractivity contribution in [1.82, 2.24) is 5.32 Å². The van der Waals surface area contributed by atoms with Crippen LogP contribution in [0.3, 0.4) is 0 Å². The Balaban J connectivity index is 2.13. The highest BCUT2D eigenvalue weighted by molar-refractivity contribution is 9.09. The van der Waals surface area contributed by atoms with Crippen molar-refractivity contribution in [2.45, 2.75) is 45.1 Å². The maximum Gasteiger partial charge on any atom is 0.251 e. The normalized spacial score (nSPS) is 26.3. The van der Waals surface area contributed by atoms with E-state index in [-0.39, 0.29) is 11.4 Å². The molecule has 1 N–H and O–H groups in total. The first-order valence-corrected chi connectivity index (χ1v) is 8.60. The monoisotopic (exact) mass is 357 g/mol. The summed E-state index contributed by atoms with van der Waals surface area (Å²) in [5.74, 6) is 0.733. The molecule has 1 aromatic carbocycles. The van der Waals surface area contributed by atoms with Crippen LogP contribution in [0.4, 0.5) is 0 Å². The molecule has 1 amide bonds. The van der Waals surface area contributed by atoms with E-state index in [1.807, 2.05) is 19.1 Å². The number of hydrogen-bond donors (Lipinski definition) is 1. The maximum atomic E-state index is 12.5. The van der Waals surface area contributed by atoms with Crippen molar-refractivity contribution in [2.24, 2.45) is 5.92 Å². The van der Waals surface area contributed by atoms with Gasteiger partial charge in [0.2, 0.25) is 0 Å². The summed E-state index contributed by atoms with van der Waals surface area (Å²) >= 11 is 9.61. The quantitative estimate of drug-likeness (QED) is 0.778. The molecule has 110 valence electrons. The fraction of sp³-hybridized carbons (Fsp3) is 0.562. The van der Waals surface area contributed by atoms with Crippen molar-refractivity contribution < 1.29 is 4.79 Å². The first-order valence-electron chi connectivity index (χ1n) is 7.10. The van der Waals surface area contributed by atoms with Gasteiger partial charge < -0.3 is 5.32 Å². The van der Waals surface area contributed by atoms with E-state index < -0.39 is 0 Å². The SMILES string of the molecule is Cc1cc(Cl)cc(C(=O)NC2(CBr)CCC(C)CC2)c1. The largest absolute Gasteiger partial charge is 0.346 e. The lowest BCUT2D eigenvalue weighted by molar-refractivity contribution is 0.0874. The Morgan fingerprint density at radius 3 is 2.60 bits per heavy atom. The van der Waals surface area contributed by atoms with Gasteiger partial charge in [0.25, 0.3) is 5.91 Å². The van der Waals surface area contributed by atoms with E-state index in [1.54, 1.807) is 6.07 Å². The molecule has 0 atom stereocenters. The van der Waals surface area contributed by atoms with Crippen LogP contribution >= 0.6 is 27.5 Å². The summed E-state index contributed by atoms with van der Waals surface area (Å²) in [6.07, 6.45) is 4.40. The molecule has 4 heteroatoms. The fourth-order valence-electron chi connectivity index (χ4n) is 2.79. The number of aryl methyl sites for hydroxylation is 1. The van der Waals surface area contributed by atoms with Gasteiger partial charge in [-0.3, -0.25) is 4.79 Å². The first kappa shape index (κ1) is 15.8. The van der Waals surface area contributed by atoms with Crippen LogP contribution in [0, 0.1) is 12.8 Å². The van der Waals surface area contributed by atoms with E-state index in [2.05, 4.69) is 28.2 Å². The summed E-state index contributed by atoms with van der Waals surface area (Å²) in [5.41, 5.74) is 1.54. The lowest BCUT2D eigenvalue weighted by atomic mass is 9.78. The van der Waals surface area contributed by atoms with Gasteiger partial charge in [0.05, 0.1) is 5.54 Å². The predicted octanol–water partition coefficient (Wildman–Crippen LogP) is 4.72. The van der Waals surface area contributed by atoms with Crippen LogP contribution in [-0.2, 0) is 0 Å². The number of carbonyl (C=O) groups is 1. The topological polar surface area (TPSA) is 29.1 Å². The van der Waals surface area contributed by atoms with E-state index in [1.165, 1.54) is 12.8 Å². The standard InChI is InChI=1S/C16H21BrClNO/c1-11-3-5-16(10-17,6-4-11)19-15(20)13-7-12(2)8-14(18)9-13/h7-9,11H,3-6,10H2,1-2H3,(H,19,20). The van der Waals surface area contributed by atoms with Gasteiger partial charge in [0, 0.05) is 15.9 Å². The fourth-order valence-corrected chi connectivity index (χ4v) is 3.78. The lowest BCUT2D eigenvalue weighted by Gasteiger charge is -2.39. The summed E-state index contributed by atoms with van der Waals surface area (Å²) in [7, 11) is 0. The minimum Gasteiger partial charge on any atom is -0.346 e. The second kappa shape index (κ2) is 6.48. The Kier molecular flexibility index (Phi) is 5.14. The third-order valence-corrected chi connectivity index (χ3v) is 5.46. The third-order valence-electron chi connectivity index (χ3n) is 4.17. The van der Waals surface area contributed by atoms with Gasteiger partial charge in [-0.2, -0.15) is 0 Å². The van der Waals surface area contributed by atoms with Gasteiger partial charge >= 0.3 is 0 Å². The molecule has 1 fully saturated rings. The summed E-state index contributed by atoms with van der Waals surface area (Å²) in [6.45, 7) is 4.23. The minimum absolute atomic E-state index is 0.0235. The molecule has 0 aliphatic heterocycles. The van der Waals surface area contributed by atoms with E-state index in [0.29, 0.717) is 10.6 Å². The van der Waals surface area contributed by atoms with Crippen molar-refractivity contribution in [1.29, 1.82) is 0 Å². The molecule has 2 rings (SSSR count). The smallest absolute Gasteiger partial charge is 0.251 e. The summed E-state index contributed by atoms with van der Waals surface area (Å²) in [5, 5.41) is 4.64. The molecule has 20 heavy (non-hydrogen) atoms. The summed E-state index contributed by atoms with van der Waals surface area (Å²) < 4.78 is 0. The number of nitrogens with one attached hydrogen (secondary N) is 1. The van der Waals surface area contributed by atoms with Crippen LogP contribution in [0.5, 0.6) is 0 Å². The van der Waals surface area contributed by atoms with Crippen LogP contribution in [-0.4, -0.2) is 16.8 Å². The van der Waals surface area contributed by atoms with E-state index in [9.17, 15) is 4.79 Å². The zero-order valence-corrected chi connectivity index (χ0v) is 14.4. The molecule has 0 aromatic heterocycles. The van der Waals surface area contributed by atoms with Crippen molar-refractivity contribution in [2.75, 3.05) is 5.33 Å². The number of carbonyl (C=O) groups excluding carboxylic acids is 1. The number of alkyl halides is 1. The molecule has 0 spiro atoms. The molecule has 0 heterocycles. The second-order valence-corrected chi connectivity index (χ2v) is 7.07. The van der Waals surface area contributed by atoms with Gasteiger partial charge in [-0.25, -0.2) is 0 Å². The van der Waals surface area contributed by atoms with E-state index in [4.69, 9.17) is 11.6 Å². The maximum absolute atomic E-state index is 12.5. The highest BCUT2D eigenvalue weighted by Crippen LogP contribution is 2.33. The van der Waals surface area contributed by atoms with E-state index >= 15 is 0 Å². The van der Waals surface area contributed by atoms with Gasteiger partial charge in [-0.15, -0.1) is 0 Å². The molecule has 1 aliphatic rings. The van der Waals surface area contributed by atoms with Crippen LogP contribution in [0.25, 0.3) is 0 Å². The molecule has 0 bridgehead atoms. The highest BCUT2D eigenvalue weighted by atomic mass is 79.9. The number of halogens is 2. The van der Waals surface area contributed by atoms with Crippen LogP contribution in [0.1, 0.15) is 48.5 Å². The Hall–Kier alpha value is -0.540. The molecular weight excluding hydrogens is 338 g/mol. The Labute approximate surface area is 134 Å². The number of hydrogen-bond acceptors (Lipinski definition) is 1. The average Bonchev–Trinajstić information content (AvgIpc) is 2.40. The zero-order chi connectivity index (χ0) is 14.8. The average molecular weight is 359 g/mol. The Bertz CT molecular complexity index is 475. The predicted molar refractivity (Wildman–Crippen MR) is 87.8 cm³/mol. The van der Waals surface area contributed by atoms with Crippen molar-refractivity contribution in [3.05, 3.63) is 34.3 Å². The molecule has 1 saturated carbocycles. The van der Waals surface area contributed by atoms with Crippen molar-refractivity contribution >= 4 is 33.4 Å². The zero-order valence-electron chi connectivity index (χ0n) is 12.0. The molecule has 0 radical (unpaired) electrons. The molecule has 1 aromatic rings. The number of amides is 1. The molecule has 2 nitrogen and oxygen atoms in total. The van der Waals surface area contributed by atoms with Crippen LogP contribution in [0.15, 0.2) is 18.2 Å². The van der Waals surface area contributed by atoms with Crippen LogP contribution in [0.2, 0.25) is 5.02 Å². The first-order chi connectivity index (χ1) is 9.44. The molecule has 0 unspecified atom stereocenters. The summed E-state index contributed by atoms with van der Waals surface area (Å²) in [6, 6.07) is 5.48. The Morgan fingerprint density at radius 1 is 1.40 bits per heavy atom. The number of benzene rings is 1. The second-order valence-electron chi connectivity index (χ2n) is 6.07. The van der Waals surface area contributed by atoms with Gasteiger partial charge in [-0.1, -0.05) is 34.5 Å². The van der Waals surface area contributed by atoms with Crippen molar-refractivity contribution in [3.63, 3.8) is 0 Å². The minimum atomic E-state index is -0.111. The number of rotatable bonds is 3. The molecule has 1 aliphatic carbocycles. The van der Waals surface area contributed by atoms with Crippen LogP contribution < -0.4 is 5.32 Å². The highest BCUT2D eigenvalue weighted by Gasteiger charge is 2.34. The molecule has 0 saturated heterocycles.